The zero-order valence-corrected chi connectivity index (χ0v) is 13.9. The van der Waals surface area contributed by atoms with Gasteiger partial charge in [0.25, 0.3) is 0 Å². The number of nitrogens with zero attached hydrogens (tertiary/aromatic N) is 2. The van der Waals surface area contributed by atoms with E-state index in [9.17, 15) is 0 Å². The Morgan fingerprint density at radius 1 is 0.950 bits per heavy atom. The zero-order valence-electron chi connectivity index (χ0n) is 10.7. The Bertz CT molecular complexity index is 940. The summed E-state index contributed by atoms with van der Waals surface area (Å²) in [7, 11) is 2.08. The molecular weight excluding hydrogens is 380 g/mol. The maximum Gasteiger partial charge on any atom is 0.0824 e. The summed E-state index contributed by atoms with van der Waals surface area (Å²) < 4.78 is 4.31. The summed E-state index contributed by atoms with van der Waals surface area (Å²) in [6.45, 7) is 0. The number of hydrogen-bond donors (Lipinski definition) is 0. The molecule has 2 heterocycles. The first-order valence-electron chi connectivity index (χ1n) is 6.27. The highest BCUT2D eigenvalue weighted by molar-refractivity contribution is 9.10. The van der Waals surface area contributed by atoms with E-state index >= 15 is 0 Å². The lowest BCUT2D eigenvalue weighted by atomic mass is 10.1. The number of pyridine rings is 1. The van der Waals surface area contributed by atoms with Gasteiger partial charge in [0.1, 0.15) is 0 Å². The molecule has 2 aliphatic rings. The summed E-state index contributed by atoms with van der Waals surface area (Å²) in [6, 6.07) is 12.5. The first-order valence-corrected chi connectivity index (χ1v) is 7.85. The molecule has 0 bridgehead atoms. The molecular formula is C16H10Br2N2. The van der Waals surface area contributed by atoms with Crippen molar-refractivity contribution in [3.63, 3.8) is 0 Å². The molecule has 0 atom stereocenters. The number of fused-ring (bicyclic) bond motifs is 5. The Morgan fingerprint density at radius 2 is 1.65 bits per heavy atom. The molecule has 2 aliphatic heterocycles. The van der Waals surface area contributed by atoms with Gasteiger partial charge in [0.2, 0.25) is 0 Å². The second-order valence-corrected chi connectivity index (χ2v) is 6.77. The Balaban J connectivity index is 2.25. The van der Waals surface area contributed by atoms with E-state index in [-0.39, 0.29) is 0 Å². The van der Waals surface area contributed by atoms with Crippen molar-refractivity contribution in [1.82, 2.24) is 9.55 Å². The molecule has 0 aromatic heterocycles. The van der Waals surface area contributed by atoms with Gasteiger partial charge in [0.05, 0.1) is 11.2 Å². The minimum Gasteiger partial charge on any atom is -0.350 e. The highest BCUT2D eigenvalue weighted by Gasteiger charge is 2.16. The maximum absolute atomic E-state index is 4.81. The van der Waals surface area contributed by atoms with Crippen LogP contribution in [0.1, 0.15) is 0 Å². The van der Waals surface area contributed by atoms with Gasteiger partial charge in [-0.15, -0.1) is 0 Å². The molecule has 4 heteroatoms. The van der Waals surface area contributed by atoms with Crippen molar-refractivity contribution < 1.29 is 0 Å². The third-order valence-corrected chi connectivity index (χ3v) is 4.64. The molecule has 2 aromatic carbocycles. The minimum absolute atomic E-state index is 1.04. The van der Waals surface area contributed by atoms with E-state index in [2.05, 4.69) is 80.0 Å². The van der Waals surface area contributed by atoms with E-state index in [1.54, 1.807) is 0 Å². The highest BCUT2D eigenvalue weighted by Crippen LogP contribution is 2.38. The van der Waals surface area contributed by atoms with Crippen molar-refractivity contribution >= 4 is 53.7 Å². The third kappa shape index (κ3) is 1.71. The second kappa shape index (κ2) is 4.30. The monoisotopic (exact) mass is 388 g/mol. The fraction of sp³-hybridized carbons (Fsp3) is 0.0625. The third-order valence-electron chi connectivity index (χ3n) is 3.65. The summed E-state index contributed by atoms with van der Waals surface area (Å²) in [5.41, 5.74) is 4.47. The lowest BCUT2D eigenvalue weighted by molar-refractivity contribution is 0.955. The van der Waals surface area contributed by atoms with Crippen LogP contribution in [0.4, 0.5) is 0 Å². The molecule has 2 nitrogen and oxygen atoms in total. The Hall–Kier alpha value is -1.39. The normalized spacial score (nSPS) is 11.8. The molecule has 0 saturated carbocycles. The van der Waals surface area contributed by atoms with Crippen LogP contribution in [0.15, 0.2) is 51.5 Å². The summed E-state index contributed by atoms with van der Waals surface area (Å²) in [4.78, 5) is 4.81. The number of rotatable bonds is 0. The molecule has 0 fully saturated rings. The van der Waals surface area contributed by atoms with Crippen molar-refractivity contribution in [3.05, 3.63) is 51.5 Å². The molecule has 20 heavy (non-hydrogen) atoms. The van der Waals surface area contributed by atoms with Crippen LogP contribution in [0.25, 0.3) is 33.1 Å². The van der Waals surface area contributed by atoms with Crippen LogP contribution in [-0.4, -0.2) is 9.55 Å². The minimum atomic E-state index is 1.04. The summed E-state index contributed by atoms with van der Waals surface area (Å²) >= 11 is 7.09. The van der Waals surface area contributed by atoms with Crippen molar-refractivity contribution in [2.24, 2.45) is 7.05 Å². The average molecular weight is 390 g/mol. The Labute approximate surface area is 133 Å². The lowest BCUT2D eigenvalue weighted by Crippen LogP contribution is -1.95. The van der Waals surface area contributed by atoms with E-state index in [1.807, 2.05) is 6.07 Å². The number of halogens is 2. The van der Waals surface area contributed by atoms with E-state index in [4.69, 9.17) is 4.98 Å². The van der Waals surface area contributed by atoms with Gasteiger partial charge in [-0.25, -0.2) is 4.98 Å². The SMILES string of the molecule is Cn1cc2c3cc(Br)ccc3nc-2c2cc(Br)ccc21. The zero-order chi connectivity index (χ0) is 13.9. The fourth-order valence-corrected chi connectivity index (χ4v) is 3.46. The number of aromatic nitrogens is 2. The van der Waals surface area contributed by atoms with Gasteiger partial charge >= 0.3 is 0 Å². The van der Waals surface area contributed by atoms with Crippen molar-refractivity contribution in [2.45, 2.75) is 0 Å². The van der Waals surface area contributed by atoms with E-state index in [0.29, 0.717) is 0 Å². The number of aryl methyl sites for hydroxylation is 1. The van der Waals surface area contributed by atoms with E-state index in [1.165, 1.54) is 21.9 Å². The van der Waals surface area contributed by atoms with Crippen molar-refractivity contribution in [1.29, 1.82) is 0 Å². The molecule has 0 amide bonds. The van der Waals surface area contributed by atoms with Gasteiger partial charge in [-0.1, -0.05) is 31.9 Å². The molecule has 0 spiro atoms. The fourth-order valence-electron chi connectivity index (χ4n) is 2.73. The summed E-state index contributed by atoms with van der Waals surface area (Å²) in [6.07, 6.45) is 2.16. The molecule has 2 aromatic rings. The van der Waals surface area contributed by atoms with Gasteiger partial charge in [-0.2, -0.15) is 0 Å². The van der Waals surface area contributed by atoms with Gasteiger partial charge in [-0.05, 0) is 36.4 Å². The Morgan fingerprint density at radius 3 is 2.45 bits per heavy atom. The van der Waals surface area contributed by atoms with E-state index in [0.717, 1.165) is 20.2 Å². The maximum atomic E-state index is 4.81. The first-order chi connectivity index (χ1) is 9.63. The molecule has 0 radical (unpaired) electrons. The molecule has 0 aliphatic carbocycles. The molecule has 4 rings (SSSR count). The highest BCUT2D eigenvalue weighted by atomic mass is 79.9. The standard InChI is InChI=1S/C16H10Br2N2/c1-20-8-13-11-6-9(17)2-4-14(11)19-16(13)12-7-10(18)3-5-15(12)20/h2-8H,1H3. The summed E-state index contributed by atoms with van der Waals surface area (Å²) in [5.74, 6) is 0. The molecule has 0 unspecified atom stereocenters. The summed E-state index contributed by atoms with van der Waals surface area (Å²) in [5, 5.41) is 2.36. The van der Waals surface area contributed by atoms with Crippen LogP contribution in [0.2, 0.25) is 0 Å². The van der Waals surface area contributed by atoms with Crippen LogP contribution in [0.3, 0.4) is 0 Å². The smallest absolute Gasteiger partial charge is 0.0824 e. The van der Waals surface area contributed by atoms with E-state index < -0.39 is 0 Å². The van der Waals surface area contributed by atoms with Gasteiger partial charge in [0.15, 0.2) is 0 Å². The van der Waals surface area contributed by atoms with Crippen LogP contribution in [0, 0.1) is 0 Å². The van der Waals surface area contributed by atoms with Crippen LogP contribution in [-0.2, 0) is 7.05 Å². The van der Waals surface area contributed by atoms with Gasteiger partial charge in [0, 0.05) is 44.0 Å². The van der Waals surface area contributed by atoms with Crippen LogP contribution < -0.4 is 0 Å². The largest absolute Gasteiger partial charge is 0.350 e. The number of benzene rings is 2. The second-order valence-electron chi connectivity index (χ2n) is 4.94. The van der Waals surface area contributed by atoms with Gasteiger partial charge in [-0.3, -0.25) is 0 Å². The number of hydrogen-bond acceptors (Lipinski definition) is 1. The quantitative estimate of drug-likeness (QED) is 0.396. The first kappa shape index (κ1) is 12.4. The predicted octanol–water partition coefficient (Wildman–Crippen LogP) is 5.36. The molecule has 98 valence electrons. The molecule has 0 N–H and O–H groups in total. The van der Waals surface area contributed by atoms with Gasteiger partial charge < -0.3 is 4.57 Å². The van der Waals surface area contributed by atoms with Crippen molar-refractivity contribution in [2.75, 3.05) is 0 Å². The average Bonchev–Trinajstić information content (AvgIpc) is 2.77. The van der Waals surface area contributed by atoms with Crippen molar-refractivity contribution in [3.8, 4) is 11.3 Å². The van der Waals surface area contributed by atoms with Crippen LogP contribution in [0.5, 0.6) is 0 Å². The molecule has 0 saturated heterocycles. The van der Waals surface area contributed by atoms with Crippen LogP contribution >= 0.6 is 31.9 Å². The predicted molar refractivity (Wildman–Crippen MR) is 90.2 cm³/mol. The topological polar surface area (TPSA) is 17.8 Å². The lowest BCUT2D eigenvalue weighted by Gasteiger charge is -2.10. The Kier molecular flexibility index (Phi) is 2.66.